The van der Waals surface area contributed by atoms with Gasteiger partial charge in [0.1, 0.15) is 23.6 Å². The van der Waals surface area contributed by atoms with Gasteiger partial charge in [0.15, 0.2) is 0 Å². The van der Waals surface area contributed by atoms with Crippen LogP contribution < -0.4 is 11.5 Å². The van der Waals surface area contributed by atoms with Crippen molar-refractivity contribution >= 4 is 22.7 Å². The summed E-state index contributed by atoms with van der Waals surface area (Å²) in [5.41, 5.74) is 13.8. The minimum Gasteiger partial charge on any atom is -0.384 e. The van der Waals surface area contributed by atoms with Crippen LogP contribution in [0.15, 0.2) is 36.9 Å². The quantitative estimate of drug-likeness (QED) is 0.770. The van der Waals surface area contributed by atoms with E-state index in [0.29, 0.717) is 17.7 Å². The molecule has 124 valence electrons. The van der Waals surface area contributed by atoms with Gasteiger partial charge in [-0.05, 0) is 55.7 Å². The number of nitrogen functional groups attached to an aromatic ring is 2. The molecule has 0 radical (unpaired) electrons. The highest BCUT2D eigenvalue weighted by Gasteiger charge is 2.26. The van der Waals surface area contributed by atoms with Gasteiger partial charge in [0.2, 0.25) is 0 Å². The second-order valence-electron chi connectivity index (χ2n) is 6.68. The van der Waals surface area contributed by atoms with Gasteiger partial charge in [0.05, 0.1) is 5.39 Å². The first-order valence-corrected chi connectivity index (χ1v) is 8.48. The predicted molar refractivity (Wildman–Crippen MR) is 95.3 cm³/mol. The van der Waals surface area contributed by atoms with Crippen LogP contribution in [0, 0.1) is 5.92 Å². The molecule has 4 rings (SSSR count). The Morgan fingerprint density at radius 2 is 2.00 bits per heavy atom. The van der Waals surface area contributed by atoms with Gasteiger partial charge in [-0.15, -0.1) is 0 Å². The lowest BCUT2D eigenvalue weighted by Crippen LogP contribution is -2.06. The van der Waals surface area contributed by atoms with E-state index in [-0.39, 0.29) is 0 Å². The number of rotatable bonds is 4. The van der Waals surface area contributed by atoms with Crippen molar-refractivity contribution in [3.63, 3.8) is 0 Å². The van der Waals surface area contributed by atoms with E-state index < -0.39 is 0 Å². The summed E-state index contributed by atoms with van der Waals surface area (Å²) in [5, 5.41) is 0.953. The summed E-state index contributed by atoms with van der Waals surface area (Å²) in [5.74, 6) is 1.88. The zero-order valence-electron chi connectivity index (χ0n) is 13.6. The molecule has 2 atom stereocenters. The second kappa shape index (κ2) is 6.11. The molecule has 0 aliphatic heterocycles. The highest BCUT2D eigenvalue weighted by Crippen LogP contribution is 2.38. The van der Waals surface area contributed by atoms with Crippen molar-refractivity contribution < 1.29 is 0 Å². The number of nitrogens with two attached hydrogens (primary N) is 2. The Hall–Kier alpha value is -2.63. The van der Waals surface area contributed by atoms with Crippen LogP contribution in [0.4, 0.5) is 11.6 Å². The molecule has 6 heteroatoms. The number of hydrogen-bond acceptors (Lipinski definition) is 5. The Balaban J connectivity index is 1.42. The van der Waals surface area contributed by atoms with Crippen molar-refractivity contribution in [1.82, 2.24) is 19.5 Å². The number of aryl methyl sites for hydroxylation is 1. The standard InChI is InChI=1S/C18H22N6/c19-16-6-4-13(10-21-16)2-1-12-3-5-14(9-12)24-8-7-15-17(20)22-11-23-18(15)24/h4,6-8,10-12,14H,1-3,5,9H2,(H2,19,21)(H2,20,22,23). The van der Waals surface area contributed by atoms with Crippen molar-refractivity contribution in [2.45, 2.75) is 38.1 Å². The molecule has 0 amide bonds. The molecule has 24 heavy (non-hydrogen) atoms. The van der Waals surface area contributed by atoms with Crippen LogP contribution in [-0.4, -0.2) is 19.5 Å². The van der Waals surface area contributed by atoms with Gasteiger partial charge in [-0.25, -0.2) is 15.0 Å². The minimum atomic E-state index is 0.506. The van der Waals surface area contributed by atoms with Crippen LogP contribution in [0.2, 0.25) is 0 Å². The first kappa shape index (κ1) is 14.9. The van der Waals surface area contributed by atoms with Gasteiger partial charge in [-0.2, -0.15) is 0 Å². The van der Waals surface area contributed by atoms with Crippen LogP contribution in [-0.2, 0) is 6.42 Å². The SMILES string of the molecule is Nc1ccc(CCC2CCC(n3ccc4c(N)ncnc43)C2)cn1. The lowest BCUT2D eigenvalue weighted by Gasteiger charge is -2.14. The average molecular weight is 322 g/mol. The summed E-state index contributed by atoms with van der Waals surface area (Å²) in [4.78, 5) is 12.7. The molecular formula is C18H22N6. The largest absolute Gasteiger partial charge is 0.384 e. The smallest absolute Gasteiger partial charge is 0.145 e. The highest BCUT2D eigenvalue weighted by molar-refractivity contribution is 5.86. The fraction of sp³-hybridized carbons (Fsp3) is 0.389. The van der Waals surface area contributed by atoms with E-state index in [0.717, 1.165) is 23.4 Å². The molecule has 2 unspecified atom stereocenters. The van der Waals surface area contributed by atoms with Gasteiger partial charge in [0.25, 0.3) is 0 Å². The third-order valence-electron chi connectivity index (χ3n) is 5.14. The fourth-order valence-electron chi connectivity index (χ4n) is 3.80. The van der Waals surface area contributed by atoms with Crippen LogP contribution >= 0.6 is 0 Å². The van der Waals surface area contributed by atoms with Gasteiger partial charge in [-0.3, -0.25) is 0 Å². The molecule has 3 heterocycles. The molecule has 1 saturated carbocycles. The summed E-state index contributed by atoms with van der Waals surface area (Å²) in [6, 6.07) is 6.49. The molecule has 3 aromatic rings. The number of anilines is 2. The van der Waals surface area contributed by atoms with Crippen LogP contribution in [0.1, 0.15) is 37.3 Å². The lowest BCUT2D eigenvalue weighted by molar-refractivity contribution is 0.461. The normalized spacial score (nSPS) is 20.7. The maximum absolute atomic E-state index is 5.94. The zero-order chi connectivity index (χ0) is 16.5. The van der Waals surface area contributed by atoms with Crippen molar-refractivity contribution in [2.75, 3.05) is 11.5 Å². The number of fused-ring (bicyclic) bond motifs is 1. The first-order chi connectivity index (χ1) is 11.7. The summed E-state index contributed by atoms with van der Waals surface area (Å²) in [7, 11) is 0. The lowest BCUT2D eigenvalue weighted by atomic mass is 9.98. The maximum atomic E-state index is 5.94. The molecule has 6 nitrogen and oxygen atoms in total. The van der Waals surface area contributed by atoms with Crippen molar-refractivity contribution in [2.24, 2.45) is 5.92 Å². The van der Waals surface area contributed by atoms with E-state index in [2.05, 4.69) is 31.8 Å². The third-order valence-corrected chi connectivity index (χ3v) is 5.14. The number of aromatic nitrogens is 4. The molecule has 0 aromatic carbocycles. The van der Waals surface area contributed by atoms with E-state index in [1.54, 1.807) is 6.33 Å². The molecule has 4 N–H and O–H groups in total. The van der Waals surface area contributed by atoms with Crippen molar-refractivity contribution in [3.8, 4) is 0 Å². The van der Waals surface area contributed by atoms with Gasteiger partial charge < -0.3 is 16.0 Å². The molecule has 1 aliphatic carbocycles. The van der Waals surface area contributed by atoms with Crippen LogP contribution in [0.5, 0.6) is 0 Å². The second-order valence-corrected chi connectivity index (χ2v) is 6.68. The van der Waals surface area contributed by atoms with Crippen molar-refractivity contribution in [3.05, 3.63) is 42.5 Å². The monoisotopic (exact) mass is 322 g/mol. The molecular weight excluding hydrogens is 300 g/mol. The Morgan fingerprint density at radius 1 is 1.08 bits per heavy atom. The molecule has 0 bridgehead atoms. The molecule has 1 fully saturated rings. The Labute approximate surface area is 140 Å². The van der Waals surface area contributed by atoms with Gasteiger partial charge in [0, 0.05) is 18.4 Å². The topological polar surface area (TPSA) is 95.6 Å². The van der Waals surface area contributed by atoms with Crippen LogP contribution in [0.3, 0.4) is 0 Å². The molecule has 0 spiro atoms. The first-order valence-electron chi connectivity index (χ1n) is 8.48. The van der Waals surface area contributed by atoms with Gasteiger partial charge >= 0.3 is 0 Å². The predicted octanol–water partition coefficient (Wildman–Crippen LogP) is 2.96. The Morgan fingerprint density at radius 3 is 2.83 bits per heavy atom. The van der Waals surface area contributed by atoms with E-state index in [9.17, 15) is 0 Å². The molecule has 3 aromatic heterocycles. The highest BCUT2D eigenvalue weighted by atomic mass is 15.1. The average Bonchev–Trinajstić information content (AvgIpc) is 3.21. The summed E-state index contributed by atoms with van der Waals surface area (Å²) in [6.45, 7) is 0. The molecule has 1 aliphatic rings. The summed E-state index contributed by atoms with van der Waals surface area (Å²) >= 11 is 0. The van der Waals surface area contributed by atoms with E-state index in [1.807, 2.05) is 18.3 Å². The third kappa shape index (κ3) is 2.79. The van der Waals surface area contributed by atoms with Crippen molar-refractivity contribution in [1.29, 1.82) is 0 Å². The number of pyridine rings is 1. The number of nitrogens with zero attached hydrogens (tertiary/aromatic N) is 4. The summed E-state index contributed by atoms with van der Waals surface area (Å²) < 4.78 is 2.28. The van der Waals surface area contributed by atoms with E-state index >= 15 is 0 Å². The summed E-state index contributed by atoms with van der Waals surface area (Å²) in [6.07, 6.45) is 11.4. The minimum absolute atomic E-state index is 0.506. The van der Waals surface area contributed by atoms with Crippen LogP contribution in [0.25, 0.3) is 11.0 Å². The number of hydrogen-bond donors (Lipinski definition) is 2. The maximum Gasteiger partial charge on any atom is 0.145 e. The Bertz CT molecular complexity index is 838. The Kier molecular flexibility index (Phi) is 3.80. The van der Waals surface area contributed by atoms with E-state index in [4.69, 9.17) is 11.5 Å². The van der Waals surface area contributed by atoms with E-state index in [1.165, 1.54) is 31.2 Å². The zero-order valence-corrected chi connectivity index (χ0v) is 13.6. The fourth-order valence-corrected chi connectivity index (χ4v) is 3.80. The molecule has 0 saturated heterocycles. The van der Waals surface area contributed by atoms with Gasteiger partial charge in [-0.1, -0.05) is 6.07 Å².